The second-order valence-electron chi connectivity index (χ2n) is 16.5. The molecule has 0 aliphatic carbocycles. The topological polar surface area (TPSA) is 103 Å². The Morgan fingerprint density at radius 2 is 0.548 bits per heavy atom. The minimum atomic E-state index is -0.202. The molecule has 3 radical (unpaired) electrons. The number of thiol groups is 3. The number of nitriles is 1. The first-order valence-electron chi connectivity index (χ1n) is 25.7. The second-order valence-corrected chi connectivity index (χ2v) is 18.8. The molecule has 0 atom stereocenters. The van der Waals surface area contributed by atoms with Crippen LogP contribution in [-0.4, -0.2) is 77.5 Å². The number of hydrogen-bond donors (Lipinski definition) is 3. The van der Waals surface area contributed by atoms with E-state index in [2.05, 4.69) is 58.7 Å². The van der Waals surface area contributed by atoms with Crippen LogP contribution in [0.4, 0.5) is 0 Å². The Morgan fingerprint density at radius 3 is 0.677 bits per heavy atom. The van der Waals surface area contributed by atoms with Gasteiger partial charge in [0, 0.05) is 0 Å². The van der Waals surface area contributed by atoms with Crippen molar-refractivity contribution in [2.75, 3.05) is 37.1 Å². The number of carbonyl (C=O) groups is 3. The monoisotopic (exact) mass is 1040 g/mol. The predicted octanol–water partition coefficient (Wildman–Crippen LogP) is 16.0. The molecule has 0 aromatic heterocycles. The Bertz CT molecular complexity index is 812. The molecule has 0 heterocycles. The quantitative estimate of drug-likeness (QED) is 0.0184. The van der Waals surface area contributed by atoms with Crippen molar-refractivity contribution in [2.24, 2.45) is 0 Å². The van der Waals surface area contributed by atoms with Gasteiger partial charge in [-0.25, -0.2) is 0 Å². The number of ether oxygens (including phenoxy) is 3. The zero-order valence-electron chi connectivity index (χ0n) is 40.9. The summed E-state index contributed by atoms with van der Waals surface area (Å²) in [7, 11) is 0. The summed E-state index contributed by atoms with van der Waals surface area (Å²) < 4.78 is 16.0. The van der Waals surface area contributed by atoms with Crippen LogP contribution in [0.15, 0.2) is 0 Å². The normalized spacial score (nSPS) is 10.3. The van der Waals surface area contributed by atoms with E-state index in [0.29, 0.717) is 19.8 Å². The zero-order chi connectivity index (χ0) is 46.7. The summed E-state index contributed by atoms with van der Waals surface area (Å²) in [6, 6.07) is 2.04. The van der Waals surface area contributed by atoms with E-state index in [0.717, 1.165) is 30.1 Å². The fraction of sp³-hybridized carbons (Fsp3) is 0.922. The maximum atomic E-state index is 10.8. The van der Waals surface area contributed by atoms with Gasteiger partial charge in [-0.15, -0.1) is 0 Å². The Labute approximate surface area is 415 Å². The summed E-state index contributed by atoms with van der Waals surface area (Å²) in [5.74, 6) is -0.0291. The van der Waals surface area contributed by atoms with Gasteiger partial charge in [0.2, 0.25) is 0 Å². The van der Waals surface area contributed by atoms with Crippen LogP contribution in [0.25, 0.3) is 0 Å². The molecule has 0 aromatic rings. The van der Waals surface area contributed by atoms with Crippen molar-refractivity contribution in [3.63, 3.8) is 0 Å². The molecule has 0 aliphatic heterocycles. The third kappa shape index (κ3) is 74.1. The first kappa shape index (κ1) is 68.3. The van der Waals surface area contributed by atoms with E-state index in [9.17, 15) is 14.4 Å². The van der Waals surface area contributed by atoms with Gasteiger partial charge in [-0.2, -0.15) is 37.9 Å². The van der Waals surface area contributed by atoms with Gasteiger partial charge in [0.1, 0.15) is 0 Å². The first-order valence-corrected chi connectivity index (χ1v) is 29.6. The average molecular weight is 1040 g/mol. The van der Waals surface area contributed by atoms with Gasteiger partial charge in [0.25, 0.3) is 0 Å². The predicted molar refractivity (Wildman–Crippen MR) is 278 cm³/mol. The molecular weight excluding hydrogens is 937 g/mol. The van der Waals surface area contributed by atoms with E-state index in [1.54, 1.807) is 0 Å². The number of nitrogens with zero attached hydrogens (tertiary/aromatic N) is 1. The molecule has 0 unspecified atom stereocenters. The Morgan fingerprint density at radius 1 is 0.371 bits per heavy atom. The molecule has 0 saturated heterocycles. The van der Waals surface area contributed by atoms with Crippen molar-refractivity contribution in [1.82, 2.24) is 0 Å². The van der Waals surface area contributed by atoms with Gasteiger partial charge in [-0.3, -0.25) is 14.4 Å². The van der Waals surface area contributed by atoms with E-state index in [-0.39, 0.29) is 35.2 Å². The summed E-state index contributed by atoms with van der Waals surface area (Å²) in [5, 5.41) is 7.83. The molecule has 0 amide bonds. The Balaban J connectivity index is -0.000000385. The van der Waals surface area contributed by atoms with Crippen LogP contribution in [0.1, 0.15) is 258 Å². The van der Waals surface area contributed by atoms with Gasteiger partial charge >= 0.3 is 62.6 Å². The van der Waals surface area contributed by atoms with Crippen molar-refractivity contribution >= 4 is 78.3 Å². The van der Waals surface area contributed by atoms with Crippen LogP contribution in [-0.2, 0) is 28.6 Å². The average Bonchev–Trinajstić information content (AvgIpc) is 3.29. The van der Waals surface area contributed by atoms with E-state index in [1.807, 2.05) is 6.07 Å². The van der Waals surface area contributed by atoms with Crippen LogP contribution in [0.5, 0.6) is 0 Å². The first-order chi connectivity index (χ1) is 30.3. The Kier molecular flexibility index (Phi) is 74.2. The molecule has 367 valence electrons. The molecule has 0 saturated carbocycles. The summed E-state index contributed by atoms with van der Waals surface area (Å²) >= 11 is 13.0. The zero-order valence-corrected chi connectivity index (χ0v) is 46.4. The molecule has 0 bridgehead atoms. The van der Waals surface area contributed by atoms with Gasteiger partial charge < -0.3 is 14.2 Å². The third-order valence-electron chi connectivity index (χ3n) is 10.4. The van der Waals surface area contributed by atoms with Crippen LogP contribution >= 0.6 is 37.9 Å². The van der Waals surface area contributed by atoms with E-state index < -0.39 is 0 Å². The van der Waals surface area contributed by atoms with Crippen LogP contribution < -0.4 is 0 Å². The fourth-order valence-corrected chi connectivity index (χ4v) is 7.17. The summed E-state index contributed by atoms with van der Waals surface area (Å²) in [6.45, 7) is 8.49. The van der Waals surface area contributed by atoms with E-state index >= 15 is 0 Å². The molecule has 7 nitrogen and oxygen atoms in total. The van der Waals surface area contributed by atoms with E-state index in [1.165, 1.54) is 234 Å². The maximum absolute atomic E-state index is 10.8. The van der Waals surface area contributed by atoms with Crippen molar-refractivity contribution in [2.45, 2.75) is 263 Å². The number of unbranched alkanes of at least 4 members (excludes halogenated alkanes) is 33. The molecule has 0 aliphatic rings. The summed E-state index contributed by atoms with van der Waals surface area (Å²) in [6.07, 6.45) is 48.5. The molecule has 62 heavy (non-hydrogen) atoms. The summed E-state index contributed by atoms with van der Waals surface area (Å²) in [4.78, 5) is 32.4. The number of rotatable bonds is 43. The fourth-order valence-electron chi connectivity index (χ4n) is 6.58. The van der Waals surface area contributed by atoms with Crippen molar-refractivity contribution < 1.29 is 28.6 Å². The van der Waals surface area contributed by atoms with E-state index in [4.69, 9.17) is 19.5 Å². The SMILES string of the molecule is CCCCCCCCCCCCCCOC(=O)CS.CCCCCCCCCCCCCCOC(=O)CS.CCCCCCCCCCCCCCOC(=O)CS.N#CC[CH2][Sn]. The number of esters is 3. The van der Waals surface area contributed by atoms with Crippen LogP contribution in [0.2, 0.25) is 4.44 Å². The van der Waals surface area contributed by atoms with Gasteiger partial charge in [0.05, 0.1) is 37.1 Å². The van der Waals surface area contributed by atoms with Crippen LogP contribution in [0, 0.1) is 11.3 Å². The number of hydrogen-bond acceptors (Lipinski definition) is 10. The van der Waals surface area contributed by atoms with Crippen molar-refractivity contribution in [3.05, 3.63) is 0 Å². The molecule has 0 aromatic carbocycles. The standard InChI is InChI=1S/3C16H32O2S.C3H4N.Sn/c3*1-2-3-4-5-6-7-8-9-10-11-12-13-14-18-16(17)15-19;1-2-3-4;/h3*19H,2-15H2,1H3;1-2H2;. The minimum absolute atomic E-state index is 0.193. The van der Waals surface area contributed by atoms with Gasteiger partial charge in [-0.05, 0) is 19.3 Å². The molecule has 0 N–H and O–H groups in total. The molecule has 0 fully saturated rings. The summed E-state index contributed by atoms with van der Waals surface area (Å²) in [5.41, 5.74) is 0. The van der Waals surface area contributed by atoms with Crippen molar-refractivity contribution in [1.29, 1.82) is 5.26 Å². The van der Waals surface area contributed by atoms with Gasteiger partial charge in [0.15, 0.2) is 0 Å². The molecule has 0 rings (SSSR count). The van der Waals surface area contributed by atoms with Crippen LogP contribution in [0.3, 0.4) is 0 Å². The molecular formula is C51H100NO6S3Sn. The molecule has 11 heteroatoms. The van der Waals surface area contributed by atoms with Gasteiger partial charge in [-0.1, -0.05) is 233 Å². The van der Waals surface area contributed by atoms with Crippen molar-refractivity contribution in [3.8, 4) is 6.07 Å². The third-order valence-corrected chi connectivity index (χ3v) is 11.9. The number of carbonyl (C=O) groups excluding carboxylic acids is 3. The molecule has 0 spiro atoms. The Hall–Kier alpha value is -0.251. The second kappa shape index (κ2) is 67.3.